The lowest BCUT2D eigenvalue weighted by Crippen LogP contribution is -1.95. The molecule has 4 nitrogen and oxygen atoms in total. The number of cyclic esters (lactones) is 1. The van der Waals surface area contributed by atoms with Crippen LogP contribution in [0.2, 0.25) is 10.0 Å². The van der Waals surface area contributed by atoms with Crippen molar-refractivity contribution < 1.29 is 9.53 Å². The van der Waals surface area contributed by atoms with Gasteiger partial charge in [0.15, 0.2) is 0 Å². The van der Waals surface area contributed by atoms with Crippen LogP contribution in [0.3, 0.4) is 0 Å². The fourth-order valence-corrected chi connectivity index (χ4v) is 2.14. The Kier molecular flexibility index (Phi) is 5.27. The van der Waals surface area contributed by atoms with Crippen molar-refractivity contribution in [1.82, 2.24) is 9.78 Å². The summed E-state index contributed by atoms with van der Waals surface area (Å²) >= 11 is 11.7. The average molecular weight is 339 g/mol. The van der Waals surface area contributed by atoms with E-state index in [0.717, 1.165) is 11.1 Å². The molecule has 1 fully saturated rings. The number of hydrogen-bond acceptors (Lipinski definition) is 3. The van der Waals surface area contributed by atoms with Gasteiger partial charge in [0.1, 0.15) is 0 Å². The summed E-state index contributed by atoms with van der Waals surface area (Å²) in [6, 6.07) is 5.54. The molecule has 116 valence electrons. The van der Waals surface area contributed by atoms with Crippen LogP contribution in [0.5, 0.6) is 0 Å². The molecule has 1 aromatic carbocycles. The molecule has 3 rings (SSSR count). The van der Waals surface area contributed by atoms with Crippen molar-refractivity contribution in [2.24, 2.45) is 13.0 Å². The summed E-state index contributed by atoms with van der Waals surface area (Å²) in [6.45, 7) is 5.98. The van der Waals surface area contributed by atoms with Crippen LogP contribution in [-0.2, 0) is 16.6 Å². The first-order chi connectivity index (χ1) is 10.4. The van der Waals surface area contributed by atoms with Crippen molar-refractivity contribution in [1.29, 1.82) is 0 Å². The van der Waals surface area contributed by atoms with Gasteiger partial charge in [-0.2, -0.15) is 5.10 Å². The van der Waals surface area contributed by atoms with Gasteiger partial charge in [-0.1, -0.05) is 42.8 Å². The van der Waals surface area contributed by atoms with E-state index in [4.69, 9.17) is 23.2 Å². The fraction of sp³-hybridized carbons (Fsp3) is 0.250. The van der Waals surface area contributed by atoms with E-state index < -0.39 is 0 Å². The highest BCUT2D eigenvalue weighted by atomic mass is 35.5. The van der Waals surface area contributed by atoms with Crippen LogP contribution < -0.4 is 0 Å². The molecule has 1 aromatic heterocycles. The lowest BCUT2D eigenvalue weighted by molar-refractivity contribution is -0.135. The highest BCUT2D eigenvalue weighted by Crippen LogP contribution is 2.27. The van der Waals surface area contributed by atoms with E-state index in [0.29, 0.717) is 22.2 Å². The minimum Gasteiger partial charge on any atom is -0.462 e. The van der Waals surface area contributed by atoms with Gasteiger partial charge < -0.3 is 4.74 Å². The Morgan fingerprint density at radius 1 is 1.32 bits per heavy atom. The van der Waals surface area contributed by atoms with Gasteiger partial charge in [-0.15, -0.1) is 0 Å². The van der Waals surface area contributed by atoms with Crippen molar-refractivity contribution in [2.75, 3.05) is 6.61 Å². The first-order valence-corrected chi connectivity index (χ1v) is 7.44. The Labute approximate surface area is 139 Å². The van der Waals surface area contributed by atoms with Crippen LogP contribution >= 0.6 is 23.2 Å². The van der Waals surface area contributed by atoms with Gasteiger partial charge in [0.05, 0.1) is 22.8 Å². The monoisotopic (exact) mass is 338 g/mol. The van der Waals surface area contributed by atoms with Gasteiger partial charge in [0, 0.05) is 30.3 Å². The average Bonchev–Trinajstić information content (AvgIpc) is 3.04. The number of nitrogens with zero attached hydrogens (tertiary/aromatic N) is 2. The first kappa shape index (κ1) is 16.6. The number of carbonyl (C=O) groups is 1. The highest BCUT2D eigenvalue weighted by Gasteiger charge is 2.23. The molecule has 0 N–H and O–H groups in total. The van der Waals surface area contributed by atoms with E-state index in [-0.39, 0.29) is 11.9 Å². The number of aromatic nitrogens is 2. The van der Waals surface area contributed by atoms with Crippen LogP contribution in [0.1, 0.15) is 6.92 Å². The molecule has 1 atom stereocenters. The van der Waals surface area contributed by atoms with Crippen LogP contribution in [0.4, 0.5) is 0 Å². The van der Waals surface area contributed by atoms with E-state index in [2.05, 4.69) is 16.4 Å². The summed E-state index contributed by atoms with van der Waals surface area (Å²) in [5, 5.41) is 5.22. The quantitative estimate of drug-likeness (QED) is 0.580. The lowest BCUT2D eigenvalue weighted by atomic mass is 10.1. The molecule has 0 amide bonds. The molecule has 1 aliphatic heterocycles. The van der Waals surface area contributed by atoms with Crippen molar-refractivity contribution in [3.8, 4) is 11.1 Å². The van der Waals surface area contributed by atoms with Crippen molar-refractivity contribution in [3.63, 3.8) is 0 Å². The molecule has 0 radical (unpaired) electrons. The van der Waals surface area contributed by atoms with E-state index in [9.17, 15) is 4.79 Å². The summed E-state index contributed by atoms with van der Waals surface area (Å²) in [5.41, 5.74) is 2.66. The number of carbonyl (C=O) groups excluding carboxylic acids is 1. The van der Waals surface area contributed by atoms with E-state index >= 15 is 0 Å². The first-order valence-electron chi connectivity index (χ1n) is 6.68. The Hall–Kier alpha value is -1.78. The molecule has 2 heterocycles. The van der Waals surface area contributed by atoms with Crippen molar-refractivity contribution in [3.05, 3.63) is 52.8 Å². The predicted molar refractivity (Wildman–Crippen MR) is 87.9 cm³/mol. The maximum atomic E-state index is 10.5. The molecule has 0 saturated carbocycles. The van der Waals surface area contributed by atoms with E-state index in [1.807, 2.05) is 32.3 Å². The normalized spacial score (nSPS) is 17.0. The molecule has 22 heavy (non-hydrogen) atoms. The van der Waals surface area contributed by atoms with Crippen LogP contribution in [0.15, 0.2) is 42.7 Å². The molecular weight excluding hydrogens is 323 g/mol. The van der Waals surface area contributed by atoms with Crippen molar-refractivity contribution >= 4 is 29.2 Å². The standard InChI is InChI=1S/C10H8Cl2N2.C6H8O2/c1-14-6-8(5-13-14)7-2-3-9(11)10(12)4-7;1-4-3-8-6(7)5(4)2/h2-6H,1H3;4H,2-3H2,1H3. The largest absolute Gasteiger partial charge is 0.462 e. The molecule has 0 spiro atoms. The molecular formula is C16H16Cl2N2O2. The molecule has 1 unspecified atom stereocenters. The maximum absolute atomic E-state index is 10.5. The minimum atomic E-state index is -0.238. The van der Waals surface area contributed by atoms with Gasteiger partial charge in [0.2, 0.25) is 0 Å². The van der Waals surface area contributed by atoms with Gasteiger partial charge in [0.25, 0.3) is 0 Å². The second-order valence-corrected chi connectivity index (χ2v) is 5.87. The van der Waals surface area contributed by atoms with Gasteiger partial charge in [-0.3, -0.25) is 4.68 Å². The number of hydrogen-bond donors (Lipinski definition) is 0. The number of halogens is 2. The smallest absolute Gasteiger partial charge is 0.333 e. The third-order valence-electron chi connectivity index (χ3n) is 3.28. The minimum absolute atomic E-state index is 0.225. The fourth-order valence-electron chi connectivity index (χ4n) is 1.84. The third-order valence-corrected chi connectivity index (χ3v) is 4.02. The van der Waals surface area contributed by atoms with Gasteiger partial charge in [-0.05, 0) is 17.7 Å². The second-order valence-electron chi connectivity index (χ2n) is 5.06. The molecule has 0 bridgehead atoms. The number of rotatable bonds is 1. The molecule has 0 aliphatic carbocycles. The zero-order valence-electron chi connectivity index (χ0n) is 12.3. The lowest BCUT2D eigenvalue weighted by Gasteiger charge is -1.99. The number of aryl methyl sites for hydroxylation is 1. The summed E-state index contributed by atoms with van der Waals surface area (Å²) in [4.78, 5) is 10.5. The Balaban J connectivity index is 0.000000188. The van der Waals surface area contributed by atoms with Crippen LogP contribution in [0.25, 0.3) is 11.1 Å². The van der Waals surface area contributed by atoms with Crippen LogP contribution in [0, 0.1) is 5.92 Å². The Bertz CT molecular complexity index is 710. The summed E-state index contributed by atoms with van der Waals surface area (Å²) in [5.74, 6) is -0.0139. The number of ether oxygens (including phenoxy) is 1. The molecule has 1 saturated heterocycles. The zero-order valence-corrected chi connectivity index (χ0v) is 13.9. The van der Waals surface area contributed by atoms with Gasteiger partial charge >= 0.3 is 5.97 Å². The Morgan fingerprint density at radius 2 is 2.05 bits per heavy atom. The molecule has 2 aromatic rings. The topological polar surface area (TPSA) is 44.1 Å². The maximum Gasteiger partial charge on any atom is 0.333 e. The number of esters is 1. The van der Waals surface area contributed by atoms with E-state index in [1.165, 1.54) is 0 Å². The highest BCUT2D eigenvalue weighted by molar-refractivity contribution is 6.42. The third kappa shape index (κ3) is 3.90. The van der Waals surface area contributed by atoms with Crippen molar-refractivity contribution in [2.45, 2.75) is 6.92 Å². The molecule has 1 aliphatic rings. The van der Waals surface area contributed by atoms with Crippen LogP contribution in [-0.4, -0.2) is 22.4 Å². The Morgan fingerprint density at radius 3 is 2.45 bits per heavy atom. The predicted octanol–water partition coefficient (Wildman–Crippen LogP) is 4.13. The molecule has 6 heteroatoms. The number of benzene rings is 1. The summed E-state index contributed by atoms with van der Waals surface area (Å²) in [7, 11) is 1.88. The summed E-state index contributed by atoms with van der Waals surface area (Å²) in [6.07, 6.45) is 3.72. The second kappa shape index (κ2) is 6.99. The zero-order chi connectivity index (χ0) is 16.3. The SMILES string of the molecule is C=C1C(=O)OCC1C.Cn1cc(-c2ccc(Cl)c(Cl)c2)cn1. The summed E-state index contributed by atoms with van der Waals surface area (Å²) < 4.78 is 6.39. The van der Waals surface area contributed by atoms with Gasteiger partial charge in [-0.25, -0.2) is 4.79 Å². The van der Waals surface area contributed by atoms with E-state index in [1.54, 1.807) is 16.9 Å².